The van der Waals surface area contributed by atoms with Crippen molar-refractivity contribution >= 4 is 112 Å². The second kappa shape index (κ2) is 35.4. The van der Waals surface area contributed by atoms with E-state index in [-0.39, 0.29) is 45.3 Å². The van der Waals surface area contributed by atoms with Crippen LogP contribution in [0.1, 0.15) is 32.6 Å². The van der Waals surface area contributed by atoms with E-state index in [1.165, 1.54) is 6.92 Å². The highest BCUT2D eigenvalue weighted by atomic mass is 16.4. The molecular weight excluding hydrogens is 1070 g/mol. The molecule has 1 aliphatic heterocycles. The summed E-state index contributed by atoms with van der Waals surface area (Å²) in [4.78, 5) is 232. The molecule has 0 unspecified atom stereocenters. The normalized spacial score (nSPS) is 11.3. The maximum atomic E-state index is 12.8. The summed E-state index contributed by atoms with van der Waals surface area (Å²) in [5.74, 6) is -19.5. The Morgan fingerprint density at radius 3 is 0.886 bits per heavy atom. The lowest BCUT2D eigenvalue weighted by Crippen LogP contribution is -2.50. The maximum Gasteiger partial charge on any atom is 0.323 e. The smallest absolute Gasteiger partial charge is 0.323 e. The number of imide groups is 1. The van der Waals surface area contributed by atoms with Gasteiger partial charge in [0.2, 0.25) is 88.6 Å². The third-order valence-electron chi connectivity index (χ3n) is 9.95. The highest BCUT2D eigenvalue weighted by Gasteiger charge is 2.29. The van der Waals surface area contributed by atoms with Gasteiger partial charge in [-0.2, -0.15) is 0 Å². The van der Waals surface area contributed by atoms with Gasteiger partial charge in [-0.25, -0.2) is 0 Å². The van der Waals surface area contributed by atoms with Gasteiger partial charge in [0, 0.05) is 45.3 Å². The zero-order chi connectivity index (χ0) is 59.8. The van der Waals surface area contributed by atoms with Gasteiger partial charge in [0.05, 0.1) is 45.8 Å². The van der Waals surface area contributed by atoms with Crippen LogP contribution < -0.4 is 47.9 Å². The van der Waals surface area contributed by atoms with Gasteiger partial charge in [-0.1, -0.05) is 6.92 Å². The molecule has 1 saturated heterocycles. The second-order valence-electron chi connectivity index (χ2n) is 16.3. The third kappa shape index (κ3) is 29.7. The van der Waals surface area contributed by atoms with Crippen LogP contribution in [0.25, 0.3) is 0 Å². The molecule has 0 saturated carbocycles. The Morgan fingerprint density at radius 1 is 0.354 bits per heavy atom. The van der Waals surface area contributed by atoms with E-state index in [2.05, 4.69) is 47.9 Å². The van der Waals surface area contributed by atoms with Crippen molar-refractivity contribution in [2.45, 2.75) is 32.6 Å². The summed E-state index contributed by atoms with van der Waals surface area (Å²) in [7, 11) is 0. The van der Waals surface area contributed by atoms with Gasteiger partial charge < -0.3 is 87.9 Å². The highest BCUT2D eigenvalue weighted by molar-refractivity contribution is 6.02. The first kappa shape index (κ1) is 67.1. The molecule has 0 bridgehead atoms. The number of nitrogens with zero attached hydrogens (tertiary/aromatic N) is 5. The van der Waals surface area contributed by atoms with Gasteiger partial charge in [0.15, 0.2) is 0 Å². The fourth-order valence-corrected chi connectivity index (χ4v) is 6.07. The molecule has 0 aromatic carbocycles. The van der Waals surface area contributed by atoms with Crippen LogP contribution in [0.2, 0.25) is 0 Å². The van der Waals surface area contributed by atoms with E-state index >= 15 is 0 Å². The molecule has 37 heteroatoms. The molecule has 1 aliphatic rings. The molecule has 1 heterocycles. The molecule has 0 aromatic heterocycles. The Kier molecular flexibility index (Phi) is 30.1. The summed E-state index contributed by atoms with van der Waals surface area (Å²) in [6, 6.07) is 0. The van der Waals surface area contributed by atoms with Crippen LogP contribution >= 0.6 is 0 Å². The molecular formula is C42H60N14O23. The van der Waals surface area contributed by atoms with Crippen LogP contribution in [0.15, 0.2) is 0 Å². The fourth-order valence-electron chi connectivity index (χ4n) is 6.07. The Labute approximate surface area is 446 Å². The number of nitrogens with one attached hydrogen (secondary N) is 9. The quantitative estimate of drug-likeness (QED) is 0.0203. The molecule has 15 amide bonds. The zero-order valence-corrected chi connectivity index (χ0v) is 42.3. The number of likely N-dealkylation sites (tertiary alicyclic amines) is 1. The van der Waals surface area contributed by atoms with Crippen molar-refractivity contribution < 1.29 is 112 Å². The molecule has 0 spiro atoms. The standard InChI is InChI=1S/C42H60N14O23/c1-2-24(57)48-12-35(68)54(22-41(76)77)18-31(64)46-10-27(60)50-13-36(69)52(20-39(72)73)16-29(62)43-6-7-44-30(63)17-53(21-40(74)75)37(70)14-51-28(61)11-47-32(65)19-55(23-42(78)79)38(71)15-49-26(59)9-45-25(58)5-8-56-33(66)3-4-34(56)67/h2-23H2,1H3,(H,43,62)(H,44,63)(H,45,58)(H,46,64)(H,47,65)(H,48,57)(H,49,59)(H,50,60)(H,51,61)(H,72,73)(H,74,75)(H,76,77)(H,78,79). The molecule has 1 rings (SSSR count). The summed E-state index contributed by atoms with van der Waals surface area (Å²) in [5.41, 5.74) is 0. The Morgan fingerprint density at radius 2 is 0.608 bits per heavy atom. The van der Waals surface area contributed by atoms with Gasteiger partial charge >= 0.3 is 23.9 Å². The van der Waals surface area contributed by atoms with Crippen LogP contribution in [-0.2, 0) is 91.1 Å². The Balaban J connectivity index is 2.57. The first-order valence-electron chi connectivity index (χ1n) is 23.3. The van der Waals surface area contributed by atoms with Gasteiger partial charge in [-0.05, 0) is 0 Å². The van der Waals surface area contributed by atoms with E-state index in [1.807, 2.05) is 0 Å². The van der Waals surface area contributed by atoms with Crippen molar-refractivity contribution in [1.29, 1.82) is 0 Å². The summed E-state index contributed by atoms with van der Waals surface area (Å²) in [5, 5.41) is 56.1. The number of hydrogen-bond acceptors (Lipinski definition) is 19. The lowest BCUT2D eigenvalue weighted by molar-refractivity contribution is -0.146. The van der Waals surface area contributed by atoms with Crippen LogP contribution in [0.4, 0.5) is 0 Å². The Hall–Kier alpha value is -9.87. The predicted molar refractivity (Wildman–Crippen MR) is 255 cm³/mol. The topological polar surface area (TPSA) is 530 Å². The van der Waals surface area contributed by atoms with Crippen LogP contribution in [-0.4, -0.2) is 275 Å². The highest BCUT2D eigenvalue weighted by Crippen LogP contribution is 2.11. The second-order valence-corrected chi connectivity index (χ2v) is 16.3. The van der Waals surface area contributed by atoms with Gasteiger partial charge in [-0.3, -0.25) is 96.0 Å². The predicted octanol–water partition coefficient (Wildman–Crippen LogP) is -11.4. The maximum absolute atomic E-state index is 12.8. The lowest BCUT2D eigenvalue weighted by Gasteiger charge is -2.22. The molecule has 0 aromatic rings. The average molecular weight is 1130 g/mol. The number of hydrogen-bond donors (Lipinski definition) is 13. The van der Waals surface area contributed by atoms with E-state index in [0.29, 0.717) is 19.6 Å². The number of rotatable bonds is 37. The van der Waals surface area contributed by atoms with Gasteiger partial charge in [-0.15, -0.1) is 0 Å². The minimum absolute atomic E-state index is 0.0197. The molecule has 1 fully saturated rings. The minimum Gasteiger partial charge on any atom is -0.480 e. The largest absolute Gasteiger partial charge is 0.480 e. The number of carbonyl (C=O) groups is 19. The molecule has 79 heavy (non-hydrogen) atoms. The van der Waals surface area contributed by atoms with E-state index in [0.717, 1.165) is 4.90 Å². The molecule has 0 radical (unpaired) electrons. The van der Waals surface area contributed by atoms with Crippen molar-refractivity contribution in [2.24, 2.45) is 0 Å². The van der Waals surface area contributed by atoms with E-state index in [9.17, 15) is 106 Å². The SMILES string of the molecule is CCC(=O)NCC(=O)N(CC(=O)O)CC(=O)NCC(=O)NCC(=O)N(CC(=O)O)CC(=O)NCCNC(=O)CN(CC(=O)O)C(=O)CNC(=O)CNC(=O)CN(CC(=O)O)C(=O)CNC(=O)CNC(=O)CCN1C(=O)CCC1=O. The number of carbonyl (C=O) groups excluding carboxylic acids is 15. The monoisotopic (exact) mass is 1130 g/mol. The van der Waals surface area contributed by atoms with Gasteiger partial charge in [0.25, 0.3) is 0 Å². The van der Waals surface area contributed by atoms with Crippen molar-refractivity contribution in [1.82, 2.24) is 72.4 Å². The third-order valence-corrected chi connectivity index (χ3v) is 9.95. The summed E-state index contributed by atoms with van der Waals surface area (Å²) >= 11 is 0. The average Bonchev–Trinajstić information content (AvgIpc) is 3.70. The van der Waals surface area contributed by atoms with E-state index in [4.69, 9.17) is 5.11 Å². The molecule has 13 N–H and O–H groups in total. The van der Waals surface area contributed by atoms with Crippen LogP contribution in [0.5, 0.6) is 0 Å². The molecule has 0 aliphatic carbocycles. The van der Waals surface area contributed by atoms with E-state index in [1.54, 1.807) is 0 Å². The van der Waals surface area contributed by atoms with Crippen LogP contribution in [0, 0.1) is 0 Å². The first-order chi connectivity index (χ1) is 37.1. The van der Waals surface area contributed by atoms with Crippen molar-refractivity contribution in [3.8, 4) is 0 Å². The summed E-state index contributed by atoms with van der Waals surface area (Å²) < 4.78 is 0. The van der Waals surface area contributed by atoms with Gasteiger partial charge in [0.1, 0.15) is 52.4 Å². The van der Waals surface area contributed by atoms with Crippen LogP contribution in [0.3, 0.4) is 0 Å². The number of carboxylic acids is 4. The summed E-state index contributed by atoms with van der Waals surface area (Å²) in [6.45, 7) is -12.6. The van der Waals surface area contributed by atoms with E-state index < -0.39 is 211 Å². The number of aliphatic carboxylic acids is 4. The Bertz CT molecular complexity index is 2370. The summed E-state index contributed by atoms with van der Waals surface area (Å²) in [6.07, 6.45) is -0.241. The minimum atomic E-state index is -1.59. The molecule has 37 nitrogen and oxygen atoms in total. The number of amides is 15. The zero-order valence-electron chi connectivity index (χ0n) is 42.3. The molecule has 0 atom stereocenters. The van der Waals surface area contributed by atoms with Crippen molar-refractivity contribution in [3.63, 3.8) is 0 Å². The fraction of sp³-hybridized carbons (Fsp3) is 0.548. The number of carboxylic acid groups (broad SMARTS) is 4. The molecule has 436 valence electrons. The van der Waals surface area contributed by atoms with Crippen molar-refractivity contribution in [3.05, 3.63) is 0 Å². The first-order valence-corrected chi connectivity index (χ1v) is 23.3. The lowest BCUT2D eigenvalue weighted by atomic mass is 10.3. The van der Waals surface area contributed by atoms with Crippen molar-refractivity contribution in [2.75, 3.05) is 118 Å².